The summed E-state index contributed by atoms with van der Waals surface area (Å²) >= 11 is 0. The van der Waals surface area contributed by atoms with Crippen molar-refractivity contribution in [2.24, 2.45) is 0 Å². The topological polar surface area (TPSA) is 93.2 Å². The number of carbonyl (C=O) groups excluding carboxylic acids is 1. The Labute approximate surface area is 192 Å². The Balaban J connectivity index is 1.69. The molecule has 7 nitrogen and oxygen atoms in total. The summed E-state index contributed by atoms with van der Waals surface area (Å²) in [5, 5.41) is 3.21. The minimum absolute atomic E-state index is 0.0277. The van der Waals surface area contributed by atoms with Gasteiger partial charge in [0.2, 0.25) is 0 Å². The standard InChI is InChI=1S/C25H21F2N3O4/c26-24(27)34-16-11-9-15(10-12-16)19-20-17(7-4-8-18(20)31)28-22-21(19)23(32)29-25(33)30(22)13-14-5-2-1-3-6-14/h1-3,5-6,9-12,19,24,28H,4,7-8,13H2,(H,29,32,33)/t19-/m1/s1. The largest absolute Gasteiger partial charge is 0.435 e. The van der Waals surface area contributed by atoms with Gasteiger partial charge >= 0.3 is 12.3 Å². The van der Waals surface area contributed by atoms with E-state index in [-0.39, 0.29) is 23.6 Å². The number of Topliss-reactive ketones (excluding diaryl/α,β-unsaturated/α-hetero) is 1. The van der Waals surface area contributed by atoms with Crippen molar-refractivity contribution < 1.29 is 18.3 Å². The van der Waals surface area contributed by atoms with Crippen LogP contribution in [0.2, 0.25) is 0 Å². The van der Waals surface area contributed by atoms with Crippen LogP contribution in [0.5, 0.6) is 5.75 Å². The van der Waals surface area contributed by atoms with E-state index in [9.17, 15) is 23.2 Å². The van der Waals surface area contributed by atoms with Crippen molar-refractivity contribution in [1.82, 2.24) is 9.55 Å². The number of allylic oxidation sites excluding steroid dienone is 2. The summed E-state index contributed by atoms with van der Waals surface area (Å²) in [5.74, 6) is -0.521. The molecule has 0 saturated carbocycles. The molecule has 0 amide bonds. The predicted molar refractivity (Wildman–Crippen MR) is 121 cm³/mol. The number of nitrogens with one attached hydrogen (secondary N) is 2. The Morgan fingerprint density at radius 3 is 2.44 bits per heavy atom. The molecule has 0 bridgehead atoms. The van der Waals surface area contributed by atoms with Gasteiger partial charge in [0.25, 0.3) is 5.56 Å². The normalized spacial score (nSPS) is 17.3. The molecular formula is C25H21F2N3O4. The van der Waals surface area contributed by atoms with Gasteiger partial charge in [-0.2, -0.15) is 8.78 Å². The number of aromatic amines is 1. The molecule has 2 aromatic carbocycles. The third-order valence-corrected chi connectivity index (χ3v) is 6.16. The lowest BCUT2D eigenvalue weighted by atomic mass is 9.76. The van der Waals surface area contributed by atoms with Gasteiger partial charge in [-0.05, 0) is 36.1 Å². The van der Waals surface area contributed by atoms with E-state index in [1.54, 1.807) is 12.1 Å². The molecule has 0 unspecified atom stereocenters. The second kappa shape index (κ2) is 8.74. The minimum atomic E-state index is -2.96. The molecule has 0 saturated heterocycles. The number of ether oxygens (including phenoxy) is 1. The average molecular weight is 465 g/mol. The summed E-state index contributed by atoms with van der Waals surface area (Å²) < 4.78 is 31.1. The fourth-order valence-electron chi connectivity index (χ4n) is 4.70. The maximum Gasteiger partial charge on any atom is 0.387 e. The molecule has 1 aliphatic carbocycles. The van der Waals surface area contributed by atoms with Crippen LogP contribution in [0.15, 0.2) is 75.5 Å². The van der Waals surface area contributed by atoms with Crippen molar-refractivity contribution in [2.75, 3.05) is 5.32 Å². The van der Waals surface area contributed by atoms with Crippen molar-refractivity contribution in [1.29, 1.82) is 0 Å². The van der Waals surface area contributed by atoms with Crippen LogP contribution in [0.4, 0.5) is 14.6 Å². The van der Waals surface area contributed by atoms with E-state index in [1.165, 1.54) is 16.7 Å². The smallest absolute Gasteiger partial charge is 0.387 e. The molecule has 0 spiro atoms. The number of benzene rings is 2. The Morgan fingerprint density at radius 1 is 1.00 bits per heavy atom. The molecule has 2 aliphatic rings. The van der Waals surface area contributed by atoms with E-state index < -0.39 is 23.8 Å². The number of aromatic nitrogens is 2. The molecule has 1 aliphatic heterocycles. The molecular weight excluding hydrogens is 444 g/mol. The van der Waals surface area contributed by atoms with Gasteiger partial charge in [-0.25, -0.2) is 4.79 Å². The van der Waals surface area contributed by atoms with Crippen LogP contribution in [0.3, 0.4) is 0 Å². The number of rotatable bonds is 5. The number of alkyl halides is 2. The van der Waals surface area contributed by atoms with E-state index in [0.717, 1.165) is 5.56 Å². The number of carbonyl (C=O) groups is 1. The first-order chi connectivity index (χ1) is 16.4. The second-order valence-electron chi connectivity index (χ2n) is 8.27. The third-order valence-electron chi connectivity index (χ3n) is 6.16. The molecule has 174 valence electrons. The molecule has 3 aromatic rings. The van der Waals surface area contributed by atoms with E-state index >= 15 is 0 Å². The quantitative estimate of drug-likeness (QED) is 0.599. The first-order valence-corrected chi connectivity index (χ1v) is 10.9. The molecule has 5 rings (SSSR count). The number of halogens is 2. The highest BCUT2D eigenvalue weighted by Gasteiger charge is 2.38. The lowest BCUT2D eigenvalue weighted by molar-refractivity contribution is -0.116. The number of nitrogens with zero attached hydrogens (tertiary/aromatic N) is 1. The maximum absolute atomic E-state index is 13.1. The highest BCUT2D eigenvalue weighted by atomic mass is 19.3. The van der Waals surface area contributed by atoms with Gasteiger partial charge in [0.1, 0.15) is 11.6 Å². The van der Waals surface area contributed by atoms with E-state index in [2.05, 4.69) is 15.0 Å². The van der Waals surface area contributed by atoms with Crippen LogP contribution in [-0.4, -0.2) is 21.9 Å². The fourth-order valence-corrected chi connectivity index (χ4v) is 4.70. The lowest BCUT2D eigenvalue weighted by Gasteiger charge is -2.34. The highest BCUT2D eigenvalue weighted by Crippen LogP contribution is 2.43. The van der Waals surface area contributed by atoms with Gasteiger partial charge in [0, 0.05) is 23.6 Å². The summed E-state index contributed by atoms with van der Waals surface area (Å²) in [4.78, 5) is 41.3. The zero-order valence-electron chi connectivity index (χ0n) is 18.0. The summed E-state index contributed by atoms with van der Waals surface area (Å²) in [6, 6.07) is 15.2. The fraction of sp³-hybridized carbons (Fsp3) is 0.240. The van der Waals surface area contributed by atoms with Gasteiger partial charge in [-0.3, -0.25) is 19.1 Å². The van der Waals surface area contributed by atoms with Crippen LogP contribution >= 0.6 is 0 Å². The van der Waals surface area contributed by atoms with Gasteiger partial charge in [-0.15, -0.1) is 0 Å². The highest BCUT2D eigenvalue weighted by molar-refractivity contribution is 6.00. The minimum Gasteiger partial charge on any atom is -0.435 e. The monoisotopic (exact) mass is 465 g/mol. The summed E-state index contributed by atoms with van der Waals surface area (Å²) in [6.45, 7) is -2.74. The van der Waals surface area contributed by atoms with Crippen molar-refractivity contribution in [3.05, 3.63) is 103 Å². The zero-order valence-corrected chi connectivity index (χ0v) is 18.0. The summed E-state index contributed by atoms with van der Waals surface area (Å²) in [7, 11) is 0. The average Bonchev–Trinajstić information content (AvgIpc) is 2.81. The van der Waals surface area contributed by atoms with Crippen LogP contribution < -0.4 is 21.3 Å². The predicted octanol–water partition coefficient (Wildman–Crippen LogP) is 3.75. The van der Waals surface area contributed by atoms with E-state index in [1.807, 2.05) is 30.3 Å². The van der Waals surface area contributed by atoms with Crippen molar-refractivity contribution in [2.45, 2.75) is 38.3 Å². The van der Waals surface area contributed by atoms with Gasteiger partial charge < -0.3 is 10.1 Å². The van der Waals surface area contributed by atoms with E-state index in [0.29, 0.717) is 41.9 Å². The number of hydrogen-bond donors (Lipinski definition) is 2. The molecule has 0 fully saturated rings. The third kappa shape index (κ3) is 3.93. The molecule has 1 aromatic heterocycles. The first kappa shape index (κ1) is 21.8. The zero-order chi connectivity index (χ0) is 23.8. The van der Waals surface area contributed by atoms with Crippen molar-refractivity contribution >= 4 is 11.6 Å². The summed E-state index contributed by atoms with van der Waals surface area (Å²) in [6.07, 6.45) is 1.59. The molecule has 0 radical (unpaired) electrons. The number of fused-ring (bicyclic) bond motifs is 1. The summed E-state index contributed by atoms with van der Waals surface area (Å²) in [5.41, 5.74) is 1.66. The van der Waals surface area contributed by atoms with Crippen molar-refractivity contribution in [3.8, 4) is 5.75 Å². The molecule has 1 atom stereocenters. The Kier molecular flexibility index (Phi) is 5.61. The van der Waals surface area contributed by atoms with Gasteiger partial charge in [-0.1, -0.05) is 42.5 Å². The number of hydrogen-bond acceptors (Lipinski definition) is 5. The van der Waals surface area contributed by atoms with Crippen LogP contribution in [0.1, 0.15) is 41.9 Å². The lowest BCUT2D eigenvalue weighted by Crippen LogP contribution is -2.40. The number of ketones is 1. The maximum atomic E-state index is 13.1. The van der Waals surface area contributed by atoms with Crippen LogP contribution in [0, 0.1) is 0 Å². The molecule has 2 heterocycles. The number of H-pyrrole nitrogens is 1. The van der Waals surface area contributed by atoms with E-state index in [4.69, 9.17) is 0 Å². The van der Waals surface area contributed by atoms with Gasteiger partial charge in [0.05, 0.1) is 12.1 Å². The SMILES string of the molecule is O=C1CCCC2=C1[C@@H](c1ccc(OC(F)F)cc1)c1c(n(Cc3ccccc3)c(=O)[nH]c1=O)N2. The molecule has 2 N–H and O–H groups in total. The Morgan fingerprint density at radius 2 is 1.74 bits per heavy atom. The van der Waals surface area contributed by atoms with Gasteiger partial charge in [0.15, 0.2) is 5.78 Å². The van der Waals surface area contributed by atoms with Crippen LogP contribution in [0.25, 0.3) is 0 Å². The Bertz CT molecular complexity index is 1390. The van der Waals surface area contributed by atoms with Crippen LogP contribution in [-0.2, 0) is 11.3 Å². The molecule has 34 heavy (non-hydrogen) atoms. The second-order valence-corrected chi connectivity index (χ2v) is 8.27. The number of anilines is 1. The molecule has 9 heteroatoms. The first-order valence-electron chi connectivity index (χ1n) is 10.9. The Hall–Kier alpha value is -4.01. The van der Waals surface area contributed by atoms with Crippen molar-refractivity contribution in [3.63, 3.8) is 0 Å².